The quantitative estimate of drug-likeness (QED) is 0.632. The van der Waals surface area contributed by atoms with Gasteiger partial charge in [-0.25, -0.2) is 9.36 Å². The zero-order valence-electron chi connectivity index (χ0n) is 16.4. The summed E-state index contributed by atoms with van der Waals surface area (Å²) in [4.78, 5) is 16.9. The summed E-state index contributed by atoms with van der Waals surface area (Å²) in [5, 5.41) is 19.3. The number of aromatic nitrogens is 6. The maximum absolute atomic E-state index is 12.2. The fourth-order valence-corrected chi connectivity index (χ4v) is 4.12. The van der Waals surface area contributed by atoms with E-state index >= 15 is 0 Å². The van der Waals surface area contributed by atoms with Crippen LogP contribution in [0.5, 0.6) is 0 Å². The van der Waals surface area contributed by atoms with Crippen molar-refractivity contribution in [3.05, 3.63) is 44.9 Å². The summed E-state index contributed by atoms with van der Waals surface area (Å²) in [6, 6.07) is 5.28. The molecule has 0 saturated carbocycles. The van der Waals surface area contributed by atoms with Crippen molar-refractivity contribution in [3.63, 3.8) is 0 Å². The number of hydrogen-bond donors (Lipinski definition) is 0. The molecule has 0 aliphatic carbocycles. The van der Waals surface area contributed by atoms with Crippen LogP contribution < -0.4 is 10.5 Å². The van der Waals surface area contributed by atoms with Crippen LogP contribution in [0.15, 0.2) is 23.0 Å². The summed E-state index contributed by atoms with van der Waals surface area (Å²) < 4.78 is 3.31. The maximum atomic E-state index is 12.2. The maximum Gasteiger partial charge on any atom is 0.266 e. The van der Waals surface area contributed by atoms with E-state index < -0.39 is 0 Å². The molecule has 10 heteroatoms. The van der Waals surface area contributed by atoms with Gasteiger partial charge in [0.05, 0.1) is 12.2 Å². The second-order valence-electron chi connectivity index (χ2n) is 7.02. The normalized spacial score (nSPS) is 15.3. The molecule has 1 saturated heterocycles. The standard InChI is InChI=1S/C18H24N8OS/c1-13-12-14(2)26(21-13)16-4-5-17(27)25(22-16)11-8-23-6-9-24(10-7-23)18-20-19-15(3)28-18/h4-5,12H,6-11H2,1-3H3. The number of aryl methyl sites for hydroxylation is 3. The number of hydrogen-bond acceptors (Lipinski definition) is 8. The fraction of sp³-hybridized carbons (Fsp3) is 0.500. The monoisotopic (exact) mass is 400 g/mol. The van der Waals surface area contributed by atoms with Crippen molar-refractivity contribution in [3.8, 4) is 5.82 Å². The Morgan fingerprint density at radius 1 is 1.00 bits per heavy atom. The molecule has 0 bridgehead atoms. The zero-order chi connectivity index (χ0) is 19.7. The highest BCUT2D eigenvalue weighted by molar-refractivity contribution is 7.15. The van der Waals surface area contributed by atoms with Crippen LogP contribution in [0.1, 0.15) is 16.4 Å². The van der Waals surface area contributed by atoms with E-state index in [-0.39, 0.29) is 5.56 Å². The molecule has 4 heterocycles. The van der Waals surface area contributed by atoms with Crippen molar-refractivity contribution in [2.45, 2.75) is 27.3 Å². The van der Waals surface area contributed by atoms with Gasteiger partial charge in [0.2, 0.25) is 5.13 Å². The molecule has 3 aromatic heterocycles. The first-order chi connectivity index (χ1) is 13.5. The minimum atomic E-state index is -0.0896. The molecule has 9 nitrogen and oxygen atoms in total. The third kappa shape index (κ3) is 3.97. The van der Waals surface area contributed by atoms with Gasteiger partial charge in [-0.15, -0.1) is 15.3 Å². The summed E-state index contributed by atoms with van der Waals surface area (Å²) in [5.74, 6) is 0.668. The lowest BCUT2D eigenvalue weighted by atomic mass is 10.3. The zero-order valence-corrected chi connectivity index (χ0v) is 17.2. The van der Waals surface area contributed by atoms with E-state index in [1.807, 2.05) is 26.8 Å². The van der Waals surface area contributed by atoms with E-state index in [2.05, 4.69) is 30.2 Å². The Morgan fingerprint density at radius 3 is 2.43 bits per heavy atom. The number of rotatable bonds is 5. The Kier molecular flexibility index (Phi) is 5.23. The van der Waals surface area contributed by atoms with Gasteiger partial charge in [0.1, 0.15) is 5.01 Å². The van der Waals surface area contributed by atoms with Crippen LogP contribution in [0.3, 0.4) is 0 Å². The van der Waals surface area contributed by atoms with E-state index in [0.717, 1.165) is 54.3 Å². The van der Waals surface area contributed by atoms with E-state index in [0.29, 0.717) is 12.4 Å². The lowest BCUT2D eigenvalue weighted by Gasteiger charge is -2.34. The molecule has 0 amide bonds. The third-order valence-corrected chi connectivity index (χ3v) is 5.76. The van der Waals surface area contributed by atoms with Crippen LogP contribution in [0, 0.1) is 20.8 Å². The lowest BCUT2D eigenvalue weighted by Crippen LogP contribution is -2.47. The summed E-state index contributed by atoms with van der Waals surface area (Å²) in [7, 11) is 0. The summed E-state index contributed by atoms with van der Waals surface area (Å²) >= 11 is 1.63. The number of nitrogens with zero attached hydrogens (tertiary/aromatic N) is 8. The van der Waals surface area contributed by atoms with Crippen LogP contribution in [0.2, 0.25) is 0 Å². The van der Waals surface area contributed by atoms with Gasteiger partial charge in [-0.2, -0.15) is 5.10 Å². The van der Waals surface area contributed by atoms with Crippen LogP contribution in [-0.2, 0) is 6.54 Å². The smallest absolute Gasteiger partial charge is 0.266 e. The fourth-order valence-electron chi connectivity index (χ4n) is 3.38. The molecular formula is C18H24N8OS. The van der Waals surface area contributed by atoms with Crippen molar-refractivity contribution in [2.24, 2.45) is 0 Å². The van der Waals surface area contributed by atoms with Crippen LogP contribution in [-0.4, -0.2) is 67.4 Å². The molecule has 0 aromatic carbocycles. The van der Waals surface area contributed by atoms with Crippen LogP contribution in [0.25, 0.3) is 5.82 Å². The highest BCUT2D eigenvalue weighted by Gasteiger charge is 2.19. The molecule has 3 aromatic rings. The van der Waals surface area contributed by atoms with Crippen molar-refractivity contribution in [1.82, 2.24) is 34.7 Å². The molecule has 148 valence electrons. The molecule has 0 atom stereocenters. The van der Waals surface area contributed by atoms with Gasteiger partial charge in [-0.05, 0) is 32.9 Å². The molecule has 0 unspecified atom stereocenters. The Bertz CT molecular complexity index is 1010. The largest absolute Gasteiger partial charge is 0.344 e. The molecule has 0 spiro atoms. The van der Waals surface area contributed by atoms with Crippen molar-refractivity contribution in [2.75, 3.05) is 37.6 Å². The van der Waals surface area contributed by atoms with Crippen LogP contribution in [0.4, 0.5) is 5.13 Å². The Balaban J connectivity index is 1.38. The SMILES string of the molecule is Cc1cc(C)n(-c2ccc(=O)n(CCN3CCN(c4nnc(C)s4)CC3)n2)n1. The molecule has 4 rings (SSSR count). The van der Waals surface area contributed by atoms with Gasteiger partial charge >= 0.3 is 0 Å². The van der Waals surface area contributed by atoms with E-state index in [1.165, 1.54) is 4.68 Å². The second-order valence-corrected chi connectivity index (χ2v) is 8.18. The highest BCUT2D eigenvalue weighted by atomic mass is 32.1. The second kappa shape index (κ2) is 7.80. The molecule has 1 aliphatic rings. The summed E-state index contributed by atoms with van der Waals surface area (Å²) in [5.41, 5.74) is 1.84. The predicted octanol–water partition coefficient (Wildman–Crippen LogP) is 1.03. The number of piperazine rings is 1. The molecule has 28 heavy (non-hydrogen) atoms. The third-order valence-electron chi connectivity index (χ3n) is 4.87. The van der Waals surface area contributed by atoms with Gasteiger partial charge in [0.15, 0.2) is 5.82 Å². The Morgan fingerprint density at radius 2 is 1.79 bits per heavy atom. The molecular weight excluding hydrogens is 376 g/mol. The van der Waals surface area contributed by atoms with Gasteiger partial charge in [-0.1, -0.05) is 11.3 Å². The minimum Gasteiger partial charge on any atom is -0.344 e. The first kappa shape index (κ1) is 18.8. The number of anilines is 1. The highest BCUT2D eigenvalue weighted by Crippen LogP contribution is 2.20. The van der Waals surface area contributed by atoms with E-state index in [1.54, 1.807) is 28.2 Å². The van der Waals surface area contributed by atoms with Gasteiger partial charge in [-0.3, -0.25) is 9.69 Å². The molecule has 0 radical (unpaired) electrons. The van der Waals surface area contributed by atoms with Gasteiger partial charge in [0.25, 0.3) is 5.56 Å². The van der Waals surface area contributed by atoms with Gasteiger partial charge in [0, 0.05) is 44.5 Å². The topological polar surface area (TPSA) is 85.0 Å². The average molecular weight is 401 g/mol. The Labute approximate surface area is 167 Å². The molecule has 0 N–H and O–H groups in total. The Hall–Kier alpha value is -2.59. The van der Waals surface area contributed by atoms with Crippen molar-refractivity contribution >= 4 is 16.5 Å². The molecule has 1 fully saturated rings. The van der Waals surface area contributed by atoms with E-state index in [4.69, 9.17) is 0 Å². The van der Waals surface area contributed by atoms with E-state index in [9.17, 15) is 4.79 Å². The lowest BCUT2D eigenvalue weighted by molar-refractivity contribution is 0.242. The first-order valence-electron chi connectivity index (χ1n) is 9.39. The first-order valence-corrected chi connectivity index (χ1v) is 10.2. The predicted molar refractivity (Wildman–Crippen MR) is 108 cm³/mol. The summed E-state index contributed by atoms with van der Waals surface area (Å²) in [6.45, 7) is 11.0. The van der Waals surface area contributed by atoms with Crippen molar-refractivity contribution < 1.29 is 0 Å². The minimum absolute atomic E-state index is 0.0896. The molecule has 1 aliphatic heterocycles. The summed E-state index contributed by atoms with van der Waals surface area (Å²) in [6.07, 6.45) is 0. The average Bonchev–Trinajstić information content (AvgIpc) is 3.26. The van der Waals surface area contributed by atoms with Crippen LogP contribution >= 0.6 is 11.3 Å². The van der Waals surface area contributed by atoms with Gasteiger partial charge < -0.3 is 4.90 Å². The van der Waals surface area contributed by atoms with Crippen molar-refractivity contribution in [1.29, 1.82) is 0 Å².